The number of benzene rings is 2. The fourth-order valence-electron chi connectivity index (χ4n) is 3.28. The second-order valence-corrected chi connectivity index (χ2v) is 8.04. The van der Waals surface area contributed by atoms with Crippen LogP contribution in [0.3, 0.4) is 0 Å². The van der Waals surface area contributed by atoms with Crippen LogP contribution in [-0.2, 0) is 4.79 Å². The highest BCUT2D eigenvalue weighted by atomic mass is 35.5. The number of hydrogen-bond donors (Lipinski definition) is 2. The molecule has 0 spiro atoms. The fraction of sp³-hybridized carbons (Fsp3) is 0.0952. The molecule has 0 aliphatic carbocycles. The zero-order valence-electron chi connectivity index (χ0n) is 15.8. The summed E-state index contributed by atoms with van der Waals surface area (Å²) in [6.07, 6.45) is 1.92. The van der Waals surface area contributed by atoms with Crippen molar-refractivity contribution in [3.05, 3.63) is 59.8 Å². The van der Waals surface area contributed by atoms with Crippen molar-refractivity contribution in [3.8, 4) is 22.7 Å². The highest BCUT2D eigenvalue weighted by molar-refractivity contribution is 8.15. The van der Waals surface area contributed by atoms with Crippen molar-refractivity contribution in [2.75, 3.05) is 12.9 Å². The molecule has 0 bridgehead atoms. The van der Waals surface area contributed by atoms with E-state index in [1.54, 1.807) is 23.9 Å². The van der Waals surface area contributed by atoms with Crippen LogP contribution in [0.5, 0.6) is 5.75 Å². The Bertz CT molecular complexity index is 1290. The quantitative estimate of drug-likeness (QED) is 0.491. The molecule has 2 aromatic heterocycles. The Morgan fingerprint density at radius 1 is 1.20 bits per heavy atom. The molecule has 1 aliphatic heterocycles. The van der Waals surface area contributed by atoms with E-state index >= 15 is 0 Å². The molecular formula is C21H16ClN5O2S. The lowest BCUT2D eigenvalue weighted by Crippen LogP contribution is -2.20. The number of fused-ring (bicyclic) bond motifs is 1. The largest absolute Gasteiger partial charge is 0.497 e. The third-order valence-electron chi connectivity index (χ3n) is 4.73. The number of amides is 1. The molecule has 9 heteroatoms. The molecule has 2 N–H and O–H groups in total. The number of amidine groups is 1. The normalized spacial score (nSPS) is 15.1. The van der Waals surface area contributed by atoms with Gasteiger partial charge in [-0.25, -0.2) is 9.67 Å². The molecule has 1 aliphatic rings. The highest BCUT2D eigenvalue weighted by Gasteiger charge is 2.19. The minimum atomic E-state index is -0.0553. The summed E-state index contributed by atoms with van der Waals surface area (Å²) >= 11 is 7.42. The first-order chi connectivity index (χ1) is 14.6. The van der Waals surface area contributed by atoms with Gasteiger partial charge in [0.2, 0.25) is 5.91 Å². The maximum atomic E-state index is 11.6. The summed E-state index contributed by atoms with van der Waals surface area (Å²) in [6.45, 7) is 0. The van der Waals surface area contributed by atoms with Gasteiger partial charge in [0.05, 0.1) is 24.2 Å². The molecule has 5 rings (SSSR count). The average molecular weight is 438 g/mol. The molecule has 1 saturated heterocycles. The average Bonchev–Trinajstić information content (AvgIpc) is 3.46. The van der Waals surface area contributed by atoms with Crippen molar-refractivity contribution in [3.63, 3.8) is 0 Å². The predicted molar refractivity (Wildman–Crippen MR) is 120 cm³/mol. The summed E-state index contributed by atoms with van der Waals surface area (Å²) in [5, 5.41) is 9.77. The zero-order chi connectivity index (χ0) is 20.7. The maximum absolute atomic E-state index is 11.6. The Morgan fingerprint density at radius 2 is 2.03 bits per heavy atom. The fourth-order valence-corrected chi connectivity index (χ4v) is 4.09. The van der Waals surface area contributed by atoms with Gasteiger partial charge < -0.3 is 15.0 Å². The van der Waals surface area contributed by atoms with E-state index in [0.29, 0.717) is 21.8 Å². The van der Waals surface area contributed by atoms with Crippen LogP contribution in [0.25, 0.3) is 27.8 Å². The van der Waals surface area contributed by atoms with Crippen molar-refractivity contribution >= 4 is 51.2 Å². The number of ether oxygens (including phenoxy) is 1. The van der Waals surface area contributed by atoms with E-state index in [1.807, 2.05) is 42.6 Å². The van der Waals surface area contributed by atoms with Gasteiger partial charge in [-0.05, 0) is 42.5 Å². The SMILES string of the molecule is COc1ccc2[nH]cc(-c3cc(N=C4NC(=O)CS4)n(-c4ccc(Cl)cc4)n3)c2c1. The molecule has 0 radical (unpaired) electrons. The van der Waals surface area contributed by atoms with Gasteiger partial charge in [-0.15, -0.1) is 0 Å². The van der Waals surface area contributed by atoms with Gasteiger partial charge in [-0.3, -0.25) is 4.79 Å². The lowest BCUT2D eigenvalue weighted by Gasteiger charge is -2.05. The summed E-state index contributed by atoms with van der Waals surface area (Å²) in [6, 6.07) is 15.1. The number of carbonyl (C=O) groups is 1. The summed E-state index contributed by atoms with van der Waals surface area (Å²) in [4.78, 5) is 19.5. The molecule has 1 amide bonds. The van der Waals surface area contributed by atoms with Crippen LogP contribution in [0.15, 0.2) is 59.7 Å². The first-order valence-corrected chi connectivity index (χ1v) is 10.5. The van der Waals surface area contributed by atoms with E-state index in [1.165, 1.54) is 11.8 Å². The molecule has 0 unspecified atom stereocenters. The number of aromatic nitrogens is 3. The van der Waals surface area contributed by atoms with Crippen molar-refractivity contribution in [2.45, 2.75) is 0 Å². The number of aliphatic imine (C=N–C) groups is 1. The van der Waals surface area contributed by atoms with Crippen LogP contribution >= 0.6 is 23.4 Å². The van der Waals surface area contributed by atoms with Crippen molar-refractivity contribution < 1.29 is 9.53 Å². The van der Waals surface area contributed by atoms with Crippen LogP contribution in [0.4, 0.5) is 5.82 Å². The first-order valence-electron chi connectivity index (χ1n) is 9.13. The molecule has 30 heavy (non-hydrogen) atoms. The van der Waals surface area contributed by atoms with Crippen LogP contribution in [0.2, 0.25) is 5.02 Å². The van der Waals surface area contributed by atoms with E-state index in [9.17, 15) is 4.79 Å². The van der Waals surface area contributed by atoms with Gasteiger partial charge in [0.15, 0.2) is 11.0 Å². The summed E-state index contributed by atoms with van der Waals surface area (Å²) in [7, 11) is 1.64. The van der Waals surface area contributed by atoms with Gasteiger partial charge in [0, 0.05) is 33.8 Å². The smallest absolute Gasteiger partial charge is 0.236 e. The van der Waals surface area contributed by atoms with Gasteiger partial charge in [-0.1, -0.05) is 23.4 Å². The molecular weight excluding hydrogens is 422 g/mol. The number of methoxy groups -OCH3 is 1. The summed E-state index contributed by atoms with van der Waals surface area (Å²) < 4.78 is 7.11. The molecule has 2 aromatic carbocycles. The van der Waals surface area contributed by atoms with Crippen LogP contribution in [0, 0.1) is 0 Å². The Labute approximate surface area is 181 Å². The Morgan fingerprint density at radius 3 is 2.77 bits per heavy atom. The van der Waals surface area contributed by atoms with Gasteiger partial charge >= 0.3 is 0 Å². The minimum absolute atomic E-state index is 0.0553. The number of carbonyl (C=O) groups excluding carboxylic acids is 1. The molecule has 4 aromatic rings. The molecule has 150 valence electrons. The first kappa shape index (κ1) is 18.8. The van der Waals surface area contributed by atoms with E-state index in [4.69, 9.17) is 21.4 Å². The van der Waals surface area contributed by atoms with Gasteiger partial charge in [-0.2, -0.15) is 5.10 Å². The van der Waals surface area contributed by atoms with Crippen molar-refractivity contribution in [2.24, 2.45) is 4.99 Å². The second-order valence-electron chi connectivity index (χ2n) is 6.64. The minimum Gasteiger partial charge on any atom is -0.497 e. The van der Waals surface area contributed by atoms with E-state index in [-0.39, 0.29) is 5.91 Å². The number of hydrogen-bond acceptors (Lipinski definition) is 5. The van der Waals surface area contributed by atoms with E-state index in [0.717, 1.165) is 33.6 Å². The number of nitrogens with one attached hydrogen (secondary N) is 2. The molecule has 7 nitrogen and oxygen atoms in total. The number of nitrogens with zero attached hydrogens (tertiary/aromatic N) is 3. The topological polar surface area (TPSA) is 84.3 Å². The van der Waals surface area contributed by atoms with Gasteiger partial charge in [0.25, 0.3) is 0 Å². The lowest BCUT2D eigenvalue weighted by atomic mass is 10.1. The number of halogens is 1. The third kappa shape index (κ3) is 3.44. The molecule has 0 atom stereocenters. The predicted octanol–water partition coefficient (Wildman–Crippen LogP) is 4.53. The lowest BCUT2D eigenvalue weighted by molar-refractivity contribution is -0.116. The van der Waals surface area contributed by atoms with Crippen LogP contribution < -0.4 is 10.1 Å². The van der Waals surface area contributed by atoms with Crippen LogP contribution in [0.1, 0.15) is 0 Å². The van der Waals surface area contributed by atoms with E-state index < -0.39 is 0 Å². The number of H-pyrrole nitrogens is 1. The van der Waals surface area contributed by atoms with E-state index in [2.05, 4.69) is 15.3 Å². The monoisotopic (exact) mass is 437 g/mol. The maximum Gasteiger partial charge on any atom is 0.236 e. The summed E-state index contributed by atoms with van der Waals surface area (Å²) in [5.41, 5.74) is 3.48. The number of thioether (sulfide) groups is 1. The summed E-state index contributed by atoms with van der Waals surface area (Å²) in [5.74, 6) is 1.68. The molecule has 3 heterocycles. The Balaban J connectivity index is 1.66. The molecule has 0 saturated carbocycles. The Kier molecular flexibility index (Phi) is 4.72. The van der Waals surface area contributed by atoms with Crippen molar-refractivity contribution in [1.29, 1.82) is 0 Å². The standard InChI is InChI=1S/C21H16ClN5O2S/c1-29-14-6-7-17-15(8-14)16(10-23-17)18-9-19(24-21-25-20(28)11-30-21)27(26-18)13-4-2-12(22)3-5-13/h2-10,23H,11H2,1H3,(H,24,25,28). The molecule has 1 fully saturated rings. The van der Waals surface area contributed by atoms with Crippen LogP contribution in [-0.4, -0.2) is 38.7 Å². The Hall–Kier alpha value is -3.23. The van der Waals surface area contributed by atoms with Crippen molar-refractivity contribution in [1.82, 2.24) is 20.1 Å². The number of rotatable bonds is 4. The van der Waals surface area contributed by atoms with Gasteiger partial charge in [0.1, 0.15) is 5.75 Å². The zero-order valence-corrected chi connectivity index (χ0v) is 17.4. The second kappa shape index (κ2) is 7.55. The third-order valence-corrected chi connectivity index (χ3v) is 5.85. The number of aromatic amines is 1. The highest BCUT2D eigenvalue weighted by Crippen LogP contribution is 2.34.